The summed E-state index contributed by atoms with van der Waals surface area (Å²) in [5.41, 5.74) is 2.02. The molecule has 3 aromatic carbocycles. The van der Waals surface area contributed by atoms with Crippen LogP contribution in [-0.2, 0) is 16.1 Å². The van der Waals surface area contributed by atoms with Crippen molar-refractivity contribution in [1.82, 2.24) is 20.2 Å². The Morgan fingerprint density at radius 1 is 0.833 bits per heavy atom. The second-order valence-electron chi connectivity index (χ2n) is 10.4. The molecule has 4 amide bonds. The molecule has 0 bridgehead atoms. The number of anilines is 1. The fourth-order valence-electron chi connectivity index (χ4n) is 5.59. The Labute approximate surface area is 244 Å². The largest absolute Gasteiger partial charge is 0.497 e. The summed E-state index contributed by atoms with van der Waals surface area (Å²) in [6.45, 7) is 2.83. The van der Waals surface area contributed by atoms with E-state index in [-0.39, 0.29) is 6.04 Å². The normalized spacial score (nSPS) is 20.4. The molecule has 11 heteroatoms. The lowest BCUT2D eigenvalue weighted by Gasteiger charge is -2.36. The highest BCUT2D eigenvalue weighted by molar-refractivity contribution is 6.04. The number of piperazine rings is 2. The van der Waals surface area contributed by atoms with E-state index < -0.39 is 24.1 Å². The van der Waals surface area contributed by atoms with Gasteiger partial charge in [-0.25, -0.2) is 9.59 Å². The second-order valence-corrected chi connectivity index (χ2v) is 10.4. The minimum atomic E-state index is -0.725. The first-order chi connectivity index (χ1) is 20.5. The minimum absolute atomic E-state index is 0.280. The average Bonchev–Trinajstić information content (AvgIpc) is 3.28. The van der Waals surface area contributed by atoms with Crippen molar-refractivity contribution >= 4 is 23.7 Å². The number of nitrogens with zero attached hydrogens (tertiary/aromatic N) is 4. The summed E-state index contributed by atoms with van der Waals surface area (Å²) in [4.78, 5) is 50.2. The molecule has 3 saturated heterocycles. The number of fused-ring (bicyclic) bond motifs is 1. The number of carbonyl (C=O) groups excluding carboxylic acids is 3. The zero-order chi connectivity index (χ0) is 29.1. The predicted molar refractivity (Wildman–Crippen MR) is 154 cm³/mol. The summed E-state index contributed by atoms with van der Waals surface area (Å²) in [5, 5.41) is 3.89. The fraction of sp³-hybridized carbons (Fsp3) is 0.323. The molecule has 218 valence electrons. The number of hydrogen-bond acceptors (Lipinski definition) is 8. The van der Waals surface area contributed by atoms with Gasteiger partial charge in [-0.3, -0.25) is 4.79 Å². The van der Waals surface area contributed by atoms with Crippen molar-refractivity contribution in [3.63, 3.8) is 0 Å². The molecule has 1 N–H and O–H groups in total. The zero-order valence-corrected chi connectivity index (χ0v) is 23.3. The van der Waals surface area contributed by atoms with Crippen molar-refractivity contribution < 1.29 is 28.7 Å². The third-order valence-corrected chi connectivity index (χ3v) is 7.85. The number of para-hydroxylation sites is 1. The summed E-state index contributed by atoms with van der Waals surface area (Å²) in [7, 11) is 1.62. The number of hydroxylamine groups is 2. The van der Waals surface area contributed by atoms with Gasteiger partial charge in [0.25, 0.3) is 5.91 Å². The number of urea groups is 1. The standard InChI is InChI=1S/C31H33N5O6/c1-40-25-13-9-23(10-14-25)33-15-17-34(18-16-33)31(39)42-36-29(37)28-21-32-20-24(35(28)30(36)38)19-22-7-11-27(12-8-22)41-26-5-3-2-4-6-26/h2-14,24,28,32H,15-21H2,1H3. The van der Waals surface area contributed by atoms with Crippen molar-refractivity contribution in [3.05, 3.63) is 84.4 Å². The van der Waals surface area contributed by atoms with Gasteiger partial charge in [0.1, 0.15) is 23.3 Å². The first-order valence-corrected chi connectivity index (χ1v) is 14.0. The molecule has 3 aliphatic rings. The van der Waals surface area contributed by atoms with Crippen LogP contribution in [0.3, 0.4) is 0 Å². The number of ether oxygens (including phenoxy) is 2. The molecule has 3 heterocycles. The van der Waals surface area contributed by atoms with E-state index >= 15 is 0 Å². The Bertz CT molecular complexity index is 1410. The van der Waals surface area contributed by atoms with Crippen LogP contribution in [0.5, 0.6) is 17.2 Å². The van der Waals surface area contributed by atoms with Crippen LogP contribution in [-0.4, -0.2) is 91.4 Å². The van der Waals surface area contributed by atoms with E-state index in [4.69, 9.17) is 14.3 Å². The van der Waals surface area contributed by atoms with E-state index in [1.807, 2.05) is 78.9 Å². The van der Waals surface area contributed by atoms with Crippen LogP contribution in [0, 0.1) is 0 Å². The number of hydrogen-bond donors (Lipinski definition) is 1. The van der Waals surface area contributed by atoms with Gasteiger partial charge in [-0.1, -0.05) is 35.4 Å². The number of carbonyl (C=O) groups is 3. The monoisotopic (exact) mass is 571 g/mol. The van der Waals surface area contributed by atoms with Gasteiger partial charge in [0.2, 0.25) is 0 Å². The number of nitrogens with one attached hydrogen (secondary N) is 1. The SMILES string of the molecule is COc1ccc(N2CCN(C(=O)ON3C(=O)C4CNCC(Cc5ccc(Oc6ccccc6)cc5)N4C3=O)CC2)cc1. The van der Waals surface area contributed by atoms with E-state index in [1.165, 1.54) is 4.90 Å². The van der Waals surface area contributed by atoms with E-state index in [9.17, 15) is 14.4 Å². The van der Waals surface area contributed by atoms with Gasteiger partial charge in [-0.2, -0.15) is 0 Å². The molecule has 3 fully saturated rings. The van der Waals surface area contributed by atoms with Crippen LogP contribution in [0.1, 0.15) is 5.56 Å². The van der Waals surface area contributed by atoms with Crippen molar-refractivity contribution in [1.29, 1.82) is 0 Å². The second kappa shape index (κ2) is 12.0. The summed E-state index contributed by atoms with van der Waals surface area (Å²) in [6, 6.07) is 23.3. The maximum absolute atomic E-state index is 13.4. The first-order valence-electron chi connectivity index (χ1n) is 14.0. The highest BCUT2D eigenvalue weighted by atomic mass is 16.7. The minimum Gasteiger partial charge on any atom is -0.497 e. The molecule has 0 saturated carbocycles. The summed E-state index contributed by atoms with van der Waals surface area (Å²) in [6.07, 6.45) is -0.173. The van der Waals surface area contributed by atoms with Gasteiger partial charge in [0.15, 0.2) is 0 Å². The van der Waals surface area contributed by atoms with Gasteiger partial charge in [0.05, 0.1) is 13.2 Å². The molecular formula is C31H33N5O6. The van der Waals surface area contributed by atoms with Gasteiger partial charge in [-0.15, -0.1) is 0 Å². The van der Waals surface area contributed by atoms with Crippen molar-refractivity contribution in [2.75, 3.05) is 51.3 Å². The van der Waals surface area contributed by atoms with Gasteiger partial charge >= 0.3 is 12.1 Å². The molecule has 0 spiro atoms. The van der Waals surface area contributed by atoms with Gasteiger partial charge in [-0.05, 0) is 60.5 Å². The third kappa shape index (κ3) is 5.68. The van der Waals surface area contributed by atoms with Crippen LogP contribution in [0.2, 0.25) is 0 Å². The quantitative estimate of drug-likeness (QED) is 0.430. The number of imide groups is 1. The summed E-state index contributed by atoms with van der Waals surface area (Å²) < 4.78 is 11.1. The lowest BCUT2D eigenvalue weighted by molar-refractivity contribution is -0.151. The predicted octanol–water partition coefficient (Wildman–Crippen LogP) is 3.51. The van der Waals surface area contributed by atoms with Gasteiger partial charge < -0.3 is 34.3 Å². The Kier molecular flexibility index (Phi) is 7.83. The lowest BCUT2D eigenvalue weighted by atomic mass is 10.0. The number of rotatable bonds is 7. The van der Waals surface area contributed by atoms with Crippen molar-refractivity contribution in [2.45, 2.75) is 18.5 Å². The molecule has 2 unspecified atom stereocenters. The Morgan fingerprint density at radius 3 is 2.19 bits per heavy atom. The number of methoxy groups -OCH3 is 1. The summed E-state index contributed by atoms with van der Waals surface area (Å²) in [5.74, 6) is 1.70. The molecule has 42 heavy (non-hydrogen) atoms. The maximum atomic E-state index is 13.4. The zero-order valence-electron chi connectivity index (χ0n) is 23.3. The maximum Gasteiger partial charge on any atom is 0.434 e. The fourth-order valence-corrected chi connectivity index (χ4v) is 5.59. The van der Waals surface area contributed by atoms with E-state index in [2.05, 4.69) is 10.2 Å². The molecule has 2 atom stereocenters. The van der Waals surface area contributed by atoms with Crippen molar-refractivity contribution in [3.8, 4) is 17.2 Å². The summed E-state index contributed by atoms with van der Waals surface area (Å²) >= 11 is 0. The van der Waals surface area contributed by atoms with E-state index in [0.29, 0.717) is 56.5 Å². The molecule has 0 aromatic heterocycles. The Hall–Kier alpha value is -4.77. The topological polar surface area (TPSA) is 104 Å². The third-order valence-electron chi connectivity index (χ3n) is 7.85. The molecule has 6 rings (SSSR count). The van der Waals surface area contributed by atoms with Crippen molar-refractivity contribution in [2.24, 2.45) is 0 Å². The lowest BCUT2D eigenvalue weighted by Crippen LogP contribution is -2.57. The van der Waals surface area contributed by atoms with E-state index in [0.717, 1.165) is 22.7 Å². The molecule has 0 radical (unpaired) electrons. The highest BCUT2D eigenvalue weighted by Crippen LogP contribution is 2.28. The molecule has 11 nitrogen and oxygen atoms in total. The molecule has 3 aromatic rings. The van der Waals surface area contributed by atoms with Gasteiger partial charge in [0, 0.05) is 45.0 Å². The highest BCUT2D eigenvalue weighted by Gasteiger charge is 2.52. The van der Waals surface area contributed by atoms with Crippen LogP contribution in [0.25, 0.3) is 0 Å². The Balaban J connectivity index is 1.05. The average molecular weight is 572 g/mol. The molecular weight excluding hydrogens is 538 g/mol. The molecule has 3 aliphatic heterocycles. The van der Waals surface area contributed by atoms with Crippen LogP contribution in [0.4, 0.5) is 15.3 Å². The van der Waals surface area contributed by atoms with Crippen LogP contribution >= 0.6 is 0 Å². The Morgan fingerprint density at radius 2 is 1.50 bits per heavy atom. The smallest absolute Gasteiger partial charge is 0.434 e. The van der Waals surface area contributed by atoms with Crippen LogP contribution in [0.15, 0.2) is 78.9 Å². The number of benzene rings is 3. The molecule has 0 aliphatic carbocycles. The number of amides is 4. The first kappa shape index (κ1) is 27.4. The van der Waals surface area contributed by atoms with Crippen LogP contribution < -0.4 is 19.7 Å². The van der Waals surface area contributed by atoms with E-state index in [1.54, 1.807) is 12.0 Å².